The van der Waals surface area contributed by atoms with Gasteiger partial charge in [-0.15, -0.1) is 5.10 Å². The Bertz CT molecular complexity index is 893. The summed E-state index contributed by atoms with van der Waals surface area (Å²) in [4.78, 5) is 12.2. The average Bonchev–Trinajstić information content (AvgIpc) is 3.13. The van der Waals surface area contributed by atoms with Crippen molar-refractivity contribution in [2.24, 2.45) is 7.05 Å². The maximum Gasteiger partial charge on any atom is 0.416 e. The van der Waals surface area contributed by atoms with Crippen LogP contribution in [0.15, 0.2) is 34.9 Å². The Kier molecular flexibility index (Phi) is 4.03. The molecule has 0 saturated heterocycles. The standard InChI is InChI=1S/C15H12F3N5O2/c1-8-7-19-23(2)11(8)12(24)20-14-22-21-13(25-14)9-3-5-10(6-4-9)15(16,17)18/h3-7H,1-2H3,(H,20,22,24). The Hall–Kier alpha value is -3.17. The second kappa shape index (κ2) is 6.04. The van der Waals surface area contributed by atoms with Crippen LogP contribution in [0.25, 0.3) is 11.5 Å². The lowest BCUT2D eigenvalue weighted by Crippen LogP contribution is -2.17. The first-order chi connectivity index (χ1) is 11.8. The zero-order valence-electron chi connectivity index (χ0n) is 13.1. The van der Waals surface area contributed by atoms with Crippen molar-refractivity contribution in [1.82, 2.24) is 20.0 Å². The van der Waals surface area contributed by atoms with E-state index in [1.807, 2.05) is 0 Å². The predicted octanol–water partition coefficient (Wildman–Crippen LogP) is 3.05. The molecule has 0 aliphatic heterocycles. The Morgan fingerprint density at radius 3 is 2.44 bits per heavy atom. The molecule has 0 aliphatic rings. The van der Waals surface area contributed by atoms with Gasteiger partial charge in [-0.2, -0.15) is 18.3 Å². The summed E-state index contributed by atoms with van der Waals surface area (Å²) in [6.45, 7) is 1.73. The number of amides is 1. The Morgan fingerprint density at radius 2 is 1.88 bits per heavy atom. The molecular weight excluding hydrogens is 339 g/mol. The second-order valence-electron chi connectivity index (χ2n) is 5.24. The average molecular weight is 351 g/mol. The van der Waals surface area contributed by atoms with E-state index in [0.29, 0.717) is 16.8 Å². The Labute approximate surface area is 139 Å². The van der Waals surface area contributed by atoms with Gasteiger partial charge in [0.1, 0.15) is 5.69 Å². The van der Waals surface area contributed by atoms with Crippen molar-refractivity contribution >= 4 is 11.9 Å². The molecule has 1 N–H and O–H groups in total. The minimum Gasteiger partial charge on any atom is -0.403 e. The molecule has 0 bridgehead atoms. The van der Waals surface area contributed by atoms with Gasteiger partial charge in [0.25, 0.3) is 5.91 Å². The summed E-state index contributed by atoms with van der Waals surface area (Å²) < 4.78 is 44.4. The highest BCUT2D eigenvalue weighted by Crippen LogP contribution is 2.30. The summed E-state index contributed by atoms with van der Waals surface area (Å²) in [5, 5.41) is 13.8. The molecule has 0 fully saturated rings. The maximum absolute atomic E-state index is 12.6. The third kappa shape index (κ3) is 3.37. The van der Waals surface area contributed by atoms with Gasteiger partial charge in [0.2, 0.25) is 5.89 Å². The zero-order chi connectivity index (χ0) is 18.2. The highest BCUT2D eigenvalue weighted by Gasteiger charge is 2.30. The second-order valence-corrected chi connectivity index (χ2v) is 5.24. The minimum atomic E-state index is -4.42. The van der Waals surface area contributed by atoms with E-state index >= 15 is 0 Å². The molecular formula is C15H12F3N5O2. The van der Waals surface area contributed by atoms with E-state index in [1.165, 1.54) is 23.0 Å². The highest BCUT2D eigenvalue weighted by molar-refractivity contribution is 6.02. The van der Waals surface area contributed by atoms with E-state index in [0.717, 1.165) is 12.1 Å². The van der Waals surface area contributed by atoms with Crippen LogP contribution < -0.4 is 5.32 Å². The lowest BCUT2D eigenvalue weighted by molar-refractivity contribution is -0.137. The van der Waals surface area contributed by atoms with Crippen molar-refractivity contribution in [3.8, 4) is 11.5 Å². The molecule has 0 radical (unpaired) electrons. The summed E-state index contributed by atoms with van der Waals surface area (Å²) in [6, 6.07) is 4.09. The molecule has 0 saturated carbocycles. The molecule has 1 amide bonds. The van der Waals surface area contributed by atoms with E-state index in [9.17, 15) is 18.0 Å². The summed E-state index contributed by atoms with van der Waals surface area (Å²) in [6.07, 6.45) is -2.89. The van der Waals surface area contributed by atoms with Gasteiger partial charge in [-0.25, -0.2) is 0 Å². The van der Waals surface area contributed by atoms with Crippen LogP contribution in [0.4, 0.5) is 19.2 Å². The zero-order valence-corrected chi connectivity index (χ0v) is 13.1. The number of benzene rings is 1. The maximum atomic E-state index is 12.6. The van der Waals surface area contributed by atoms with E-state index < -0.39 is 17.6 Å². The number of carbonyl (C=O) groups is 1. The SMILES string of the molecule is Cc1cnn(C)c1C(=O)Nc1nnc(-c2ccc(C(F)(F)F)cc2)o1. The van der Waals surface area contributed by atoms with Gasteiger partial charge < -0.3 is 4.42 Å². The van der Waals surface area contributed by atoms with Crippen molar-refractivity contribution in [3.05, 3.63) is 47.3 Å². The van der Waals surface area contributed by atoms with Gasteiger partial charge in [0, 0.05) is 12.6 Å². The molecule has 2 aromatic heterocycles. The van der Waals surface area contributed by atoms with Crippen molar-refractivity contribution in [3.63, 3.8) is 0 Å². The van der Waals surface area contributed by atoms with Crippen LogP contribution in [0, 0.1) is 6.92 Å². The van der Waals surface area contributed by atoms with Gasteiger partial charge in [-0.1, -0.05) is 5.10 Å². The van der Waals surface area contributed by atoms with Gasteiger partial charge in [0.05, 0.1) is 11.8 Å². The first kappa shape index (κ1) is 16.7. The van der Waals surface area contributed by atoms with Gasteiger partial charge >= 0.3 is 12.2 Å². The molecule has 2 heterocycles. The summed E-state index contributed by atoms with van der Waals surface area (Å²) in [7, 11) is 1.61. The summed E-state index contributed by atoms with van der Waals surface area (Å²) in [5.41, 5.74) is 0.519. The van der Waals surface area contributed by atoms with Crippen LogP contribution in [0.1, 0.15) is 21.6 Å². The Morgan fingerprint density at radius 1 is 1.20 bits per heavy atom. The van der Waals surface area contributed by atoms with Gasteiger partial charge in [-0.3, -0.25) is 14.8 Å². The molecule has 0 unspecified atom stereocenters. The smallest absolute Gasteiger partial charge is 0.403 e. The minimum absolute atomic E-state index is 0.00856. The van der Waals surface area contributed by atoms with Crippen LogP contribution in [-0.4, -0.2) is 25.9 Å². The lowest BCUT2D eigenvalue weighted by atomic mass is 10.1. The van der Waals surface area contributed by atoms with E-state index in [2.05, 4.69) is 20.6 Å². The predicted molar refractivity (Wildman–Crippen MR) is 80.6 cm³/mol. The molecule has 10 heteroatoms. The van der Waals surface area contributed by atoms with Crippen LogP contribution in [0.3, 0.4) is 0 Å². The van der Waals surface area contributed by atoms with Crippen LogP contribution in [-0.2, 0) is 13.2 Å². The number of carbonyl (C=O) groups excluding carboxylic acids is 1. The topological polar surface area (TPSA) is 85.8 Å². The van der Waals surface area contributed by atoms with Gasteiger partial charge in [0.15, 0.2) is 0 Å². The number of aryl methyl sites for hydroxylation is 2. The molecule has 130 valence electrons. The monoisotopic (exact) mass is 351 g/mol. The molecule has 25 heavy (non-hydrogen) atoms. The number of aromatic nitrogens is 4. The number of hydrogen-bond acceptors (Lipinski definition) is 5. The lowest BCUT2D eigenvalue weighted by Gasteiger charge is -2.05. The quantitative estimate of drug-likeness (QED) is 0.784. The van der Waals surface area contributed by atoms with E-state index in [1.54, 1.807) is 14.0 Å². The molecule has 3 rings (SSSR count). The molecule has 0 aliphatic carbocycles. The number of hydrogen-bond donors (Lipinski definition) is 1. The van der Waals surface area contributed by atoms with Crippen LogP contribution in [0.5, 0.6) is 0 Å². The molecule has 3 aromatic rings. The number of halogens is 3. The molecule has 1 aromatic carbocycles. The largest absolute Gasteiger partial charge is 0.416 e. The fourth-order valence-electron chi connectivity index (χ4n) is 2.22. The first-order valence-electron chi connectivity index (χ1n) is 7.07. The van der Waals surface area contributed by atoms with Crippen molar-refractivity contribution in [2.45, 2.75) is 13.1 Å². The van der Waals surface area contributed by atoms with E-state index in [-0.39, 0.29) is 11.9 Å². The van der Waals surface area contributed by atoms with E-state index in [4.69, 9.17) is 4.42 Å². The number of anilines is 1. The first-order valence-corrected chi connectivity index (χ1v) is 7.07. The van der Waals surface area contributed by atoms with Gasteiger partial charge in [-0.05, 0) is 36.8 Å². The third-order valence-electron chi connectivity index (χ3n) is 3.44. The highest BCUT2D eigenvalue weighted by atomic mass is 19.4. The molecule has 7 nitrogen and oxygen atoms in total. The fraction of sp³-hybridized carbons (Fsp3) is 0.200. The third-order valence-corrected chi connectivity index (χ3v) is 3.44. The van der Waals surface area contributed by atoms with Crippen molar-refractivity contribution in [1.29, 1.82) is 0 Å². The Balaban J connectivity index is 1.78. The number of nitrogens with one attached hydrogen (secondary N) is 1. The fourth-order valence-corrected chi connectivity index (χ4v) is 2.22. The summed E-state index contributed by atoms with van der Waals surface area (Å²) in [5.74, 6) is -0.495. The molecule has 0 atom stereocenters. The number of rotatable bonds is 3. The van der Waals surface area contributed by atoms with Crippen molar-refractivity contribution < 1.29 is 22.4 Å². The summed E-state index contributed by atoms with van der Waals surface area (Å²) >= 11 is 0. The number of alkyl halides is 3. The van der Waals surface area contributed by atoms with Crippen molar-refractivity contribution in [2.75, 3.05) is 5.32 Å². The molecule has 0 spiro atoms. The van der Waals surface area contributed by atoms with Crippen LogP contribution in [0.2, 0.25) is 0 Å². The number of nitrogens with zero attached hydrogens (tertiary/aromatic N) is 4. The van der Waals surface area contributed by atoms with Crippen LogP contribution >= 0.6 is 0 Å². The normalized spacial score (nSPS) is 11.6.